The fourth-order valence-corrected chi connectivity index (χ4v) is 2.30. The third-order valence-electron chi connectivity index (χ3n) is 3.34. The number of hydrogen-bond acceptors (Lipinski definition) is 4. The van der Waals surface area contributed by atoms with Crippen molar-refractivity contribution in [2.75, 3.05) is 11.4 Å². The monoisotopic (exact) mass is 295 g/mol. The maximum Gasteiger partial charge on any atom is 0.249 e. The molecule has 110 valence electrons. The molecule has 0 atom stereocenters. The number of anilines is 1. The zero-order valence-corrected chi connectivity index (χ0v) is 10.8. The van der Waals surface area contributed by atoms with Crippen LogP contribution in [-0.2, 0) is 4.79 Å². The van der Waals surface area contributed by atoms with E-state index in [0.717, 1.165) is 12.1 Å². The van der Waals surface area contributed by atoms with Crippen molar-refractivity contribution in [3.63, 3.8) is 0 Å². The number of benzene rings is 1. The summed E-state index contributed by atoms with van der Waals surface area (Å²) in [4.78, 5) is 12.8. The molecule has 0 spiro atoms. The summed E-state index contributed by atoms with van der Waals surface area (Å²) in [6.45, 7) is 0.338. The van der Waals surface area contributed by atoms with Crippen LogP contribution in [0.4, 0.5) is 14.7 Å². The predicted molar refractivity (Wildman–Crippen MR) is 69.0 cm³/mol. The number of aromatic hydroxyl groups is 2. The molecule has 1 aromatic carbocycles. The molecule has 2 aromatic rings. The van der Waals surface area contributed by atoms with Crippen LogP contribution in [0.1, 0.15) is 12.8 Å². The Balaban J connectivity index is 2.10. The number of carbonyl (C=O) groups is 1. The highest BCUT2D eigenvalue weighted by molar-refractivity contribution is 5.96. The van der Waals surface area contributed by atoms with Crippen LogP contribution in [0.5, 0.6) is 11.5 Å². The molecular formula is C14H11F2NO4. The molecule has 3 rings (SSSR count). The average Bonchev–Trinajstić information content (AvgIpc) is 2.97. The Labute approximate surface area is 118 Å². The van der Waals surface area contributed by atoms with Crippen molar-refractivity contribution in [2.24, 2.45) is 0 Å². The quantitative estimate of drug-likeness (QED) is 0.893. The zero-order valence-electron chi connectivity index (χ0n) is 10.8. The van der Waals surface area contributed by atoms with Crippen molar-refractivity contribution in [1.82, 2.24) is 0 Å². The molecule has 1 fully saturated rings. The molecule has 7 heteroatoms. The predicted octanol–water partition coefficient (Wildman–Crippen LogP) is 2.76. The van der Waals surface area contributed by atoms with Gasteiger partial charge in [0, 0.05) is 19.0 Å². The van der Waals surface area contributed by atoms with Crippen molar-refractivity contribution in [1.29, 1.82) is 0 Å². The molecule has 1 amide bonds. The molecule has 5 nitrogen and oxygen atoms in total. The van der Waals surface area contributed by atoms with Gasteiger partial charge in [-0.1, -0.05) is 0 Å². The van der Waals surface area contributed by atoms with Crippen molar-refractivity contribution >= 4 is 11.8 Å². The lowest BCUT2D eigenvalue weighted by atomic mass is 10.1. The first-order chi connectivity index (χ1) is 9.99. The van der Waals surface area contributed by atoms with Crippen molar-refractivity contribution in [2.45, 2.75) is 12.8 Å². The summed E-state index contributed by atoms with van der Waals surface area (Å²) in [5.41, 5.74) is -0.206. The highest BCUT2D eigenvalue weighted by Gasteiger charge is 2.32. The van der Waals surface area contributed by atoms with Gasteiger partial charge < -0.3 is 14.6 Å². The highest BCUT2D eigenvalue weighted by atomic mass is 19.1. The molecule has 0 radical (unpaired) electrons. The normalized spacial score (nSPS) is 15.0. The van der Waals surface area contributed by atoms with Gasteiger partial charge >= 0.3 is 0 Å². The lowest BCUT2D eigenvalue weighted by molar-refractivity contribution is -0.117. The SMILES string of the molecule is O=C1CCCN1c1oc(-c2ccc(F)cc2F)c(O)c1O. The van der Waals surface area contributed by atoms with E-state index in [1.54, 1.807) is 0 Å². The summed E-state index contributed by atoms with van der Waals surface area (Å²) < 4.78 is 31.9. The van der Waals surface area contributed by atoms with E-state index in [1.165, 1.54) is 4.90 Å². The number of amides is 1. The van der Waals surface area contributed by atoms with E-state index in [0.29, 0.717) is 25.5 Å². The maximum absolute atomic E-state index is 13.7. The van der Waals surface area contributed by atoms with Crippen molar-refractivity contribution in [3.05, 3.63) is 29.8 Å². The molecule has 2 heterocycles. The van der Waals surface area contributed by atoms with Gasteiger partial charge in [0.25, 0.3) is 0 Å². The summed E-state index contributed by atoms with van der Waals surface area (Å²) >= 11 is 0. The lowest BCUT2D eigenvalue weighted by Gasteiger charge is -2.11. The van der Waals surface area contributed by atoms with Crippen LogP contribution in [0, 0.1) is 11.6 Å². The van der Waals surface area contributed by atoms with E-state index >= 15 is 0 Å². The van der Waals surface area contributed by atoms with Crippen LogP contribution in [0.2, 0.25) is 0 Å². The van der Waals surface area contributed by atoms with Gasteiger partial charge in [-0.15, -0.1) is 0 Å². The number of rotatable bonds is 2. The van der Waals surface area contributed by atoms with E-state index in [1.807, 2.05) is 0 Å². The van der Waals surface area contributed by atoms with Crippen molar-refractivity contribution < 1.29 is 28.2 Å². The van der Waals surface area contributed by atoms with Crippen molar-refractivity contribution in [3.8, 4) is 22.8 Å². The Morgan fingerprint density at radius 1 is 1.19 bits per heavy atom. The van der Waals surface area contributed by atoms with Crippen LogP contribution in [0.25, 0.3) is 11.3 Å². The molecule has 1 saturated heterocycles. The molecule has 0 aliphatic carbocycles. The first-order valence-corrected chi connectivity index (χ1v) is 6.29. The van der Waals surface area contributed by atoms with Crippen LogP contribution in [0.3, 0.4) is 0 Å². The minimum atomic E-state index is -0.946. The highest BCUT2D eigenvalue weighted by Crippen LogP contribution is 2.48. The van der Waals surface area contributed by atoms with E-state index in [-0.39, 0.29) is 23.1 Å². The standard InChI is InChI=1S/C14H11F2NO4/c15-7-3-4-8(9(16)6-7)13-11(19)12(20)14(21-13)17-5-1-2-10(17)18/h3-4,6,19-20H,1-2,5H2. The van der Waals surface area contributed by atoms with Crippen LogP contribution in [-0.4, -0.2) is 22.7 Å². The van der Waals surface area contributed by atoms with Gasteiger partial charge in [0.05, 0.1) is 5.56 Å². The van der Waals surface area contributed by atoms with Gasteiger partial charge in [-0.2, -0.15) is 0 Å². The van der Waals surface area contributed by atoms with Gasteiger partial charge in [-0.25, -0.2) is 8.78 Å². The summed E-state index contributed by atoms with van der Waals surface area (Å²) in [6, 6.07) is 2.71. The first kappa shape index (κ1) is 13.4. The lowest BCUT2D eigenvalue weighted by Crippen LogP contribution is -2.23. The van der Waals surface area contributed by atoms with Crippen LogP contribution >= 0.6 is 0 Å². The molecule has 0 unspecified atom stereocenters. The van der Waals surface area contributed by atoms with Gasteiger partial charge in [-0.3, -0.25) is 9.69 Å². The summed E-state index contributed by atoms with van der Waals surface area (Å²) in [5.74, 6) is -3.88. The zero-order chi connectivity index (χ0) is 15.1. The topological polar surface area (TPSA) is 73.9 Å². The summed E-state index contributed by atoms with van der Waals surface area (Å²) in [5, 5.41) is 19.7. The first-order valence-electron chi connectivity index (χ1n) is 6.29. The summed E-state index contributed by atoms with van der Waals surface area (Å²) in [6.07, 6.45) is 0.904. The summed E-state index contributed by atoms with van der Waals surface area (Å²) in [7, 11) is 0. The van der Waals surface area contributed by atoms with E-state index in [4.69, 9.17) is 4.42 Å². The Bertz CT molecular complexity index is 726. The number of nitrogens with zero attached hydrogens (tertiary/aromatic N) is 1. The molecule has 1 aliphatic rings. The minimum absolute atomic E-state index is 0.206. The van der Waals surface area contributed by atoms with Gasteiger partial charge in [0.1, 0.15) is 11.6 Å². The maximum atomic E-state index is 13.7. The Morgan fingerprint density at radius 3 is 2.57 bits per heavy atom. The third-order valence-corrected chi connectivity index (χ3v) is 3.34. The second kappa shape index (κ2) is 4.76. The molecular weight excluding hydrogens is 284 g/mol. The largest absolute Gasteiger partial charge is 0.502 e. The Kier molecular flexibility index (Phi) is 3.04. The van der Waals surface area contributed by atoms with Gasteiger partial charge in [0.2, 0.25) is 23.3 Å². The molecule has 0 saturated carbocycles. The molecule has 1 aromatic heterocycles. The third kappa shape index (κ3) is 2.10. The second-order valence-corrected chi connectivity index (χ2v) is 4.71. The molecule has 1 aliphatic heterocycles. The Morgan fingerprint density at radius 2 is 1.95 bits per heavy atom. The van der Waals surface area contributed by atoms with E-state index in [9.17, 15) is 23.8 Å². The molecule has 0 bridgehead atoms. The molecule has 21 heavy (non-hydrogen) atoms. The van der Waals surface area contributed by atoms with E-state index < -0.39 is 23.1 Å². The second-order valence-electron chi connectivity index (χ2n) is 4.71. The number of hydrogen-bond donors (Lipinski definition) is 2. The smallest absolute Gasteiger partial charge is 0.249 e. The van der Waals surface area contributed by atoms with Crippen LogP contribution in [0.15, 0.2) is 22.6 Å². The number of carbonyl (C=O) groups excluding carboxylic acids is 1. The van der Waals surface area contributed by atoms with Gasteiger partial charge in [-0.05, 0) is 18.6 Å². The minimum Gasteiger partial charge on any atom is -0.502 e. The fraction of sp³-hybridized carbons (Fsp3) is 0.214. The average molecular weight is 295 g/mol. The van der Waals surface area contributed by atoms with E-state index in [2.05, 4.69) is 0 Å². The Hall–Kier alpha value is -2.57. The number of furan rings is 1. The number of halogens is 2. The fourth-order valence-electron chi connectivity index (χ4n) is 2.30. The van der Waals surface area contributed by atoms with Gasteiger partial charge in [0.15, 0.2) is 5.76 Å². The van der Waals surface area contributed by atoms with Crippen LogP contribution < -0.4 is 4.90 Å². The molecule has 2 N–H and O–H groups in total.